The van der Waals surface area contributed by atoms with Crippen LogP contribution in [0.25, 0.3) is 0 Å². The molecule has 1 aliphatic heterocycles. The molecule has 1 fully saturated rings. The lowest BCUT2D eigenvalue weighted by molar-refractivity contribution is 0.1000. The second-order valence-corrected chi connectivity index (χ2v) is 6.06. The van der Waals surface area contributed by atoms with E-state index >= 15 is 0 Å². The van der Waals surface area contributed by atoms with Crippen LogP contribution in [0.1, 0.15) is 30.1 Å². The van der Waals surface area contributed by atoms with E-state index in [1.807, 2.05) is 25.1 Å². The number of amides is 1. The van der Waals surface area contributed by atoms with Gasteiger partial charge in [0.1, 0.15) is 0 Å². The summed E-state index contributed by atoms with van der Waals surface area (Å²) in [5, 5.41) is 0. The molecule has 0 radical (unpaired) electrons. The van der Waals surface area contributed by atoms with Gasteiger partial charge < -0.3 is 16.4 Å². The van der Waals surface area contributed by atoms with Crippen LogP contribution >= 0.6 is 15.9 Å². The van der Waals surface area contributed by atoms with Crippen molar-refractivity contribution >= 4 is 27.5 Å². The molecule has 0 bridgehead atoms. The van der Waals surface area contributed by atoms with Gasteiger partial charge in [0.05, 0.1) is 11.3 Å². The number of primary amides is 1. The molecule has 4 N–H and O–H groups in total. The van der Waals surface area contributed by atoms with Crippen molar-refractivity contribution in [2.75, 3.05) is 18.0 Å². The SMILES string of the molecule is CC(N)C1CCCN(c2cccc(Br)c2C(N)=O)C1. The van der Waals surface area contributed by atoms with Crippen molar-refractivity contribution in [3.63, 3.8) is 0 Å². The van der Waals surface area contributed by atoms with E-state index in [1.54, 1.807) is 0 Å². The predicted octanol–water partition coefficient (Wildman–Crippen LogP) is 2.11. The number of nitrogens with zero attached hydrogens (tertiary/aromatic N) is 1. The van der Waals surface area contributed by atoms with E-state index in [9.17, 15) is 4.79 Å². The minimum Gasteiger partial charge on any atom is -0.371 e. The summed E-state index contributed by atoms with van der Waals surface area (Å²) in [4.78, 5) is 13.9. The van der Waals surface area contributed by atoms with Gasteiger partial charge in [-0.05, 0) is 53.7 Å². The van der Waals surface area contributed by atoms with Crippen LogP contribution in [0.2, 0.25) is 0 Å². The van der Waals surface area contributed by atoms with Crippen LogP contribution in [0.5, 0.6) is 0 Å². The fourth-order valence-corrected chi connectivity index (χ4v) is 3.23. The zero-order valence-electron chi connectivity index (χ0n) is 11.1. The summed E-state index contributed by atoms with van der Waals surface area (Å²) in [6.07, 6.45) is 2.24. The molecule has 1 aliphatic rings. The summed E-state index contributed by atoms with van der Waals surface area (Å²) in [5.74, 6) is 0.0684. The monoisotopic (exact) mass is 325 g/mol. The molecule has 0 saturated carbocycles. The number of halogens is 1. The number of carbonyl (C=O) groups excluding carboxylic acids is 1. The molecule has 0 aromatic heterocycles. The molecular weight excluding hydrogens is 306 g/mol. The van der Waals surface area contributed by atoms with E-state index in [2.05, 4.69) is 20.8 Å². The van der Waals surface area contributed by atoms with Gasteiger partial charge in [-0.3, -0.25) is 4.79 Å². The third kappa shape index (κ3) is 3.09. The lowest BCUT2D eigenvalue weighted by atomic mass is 9.91. The molecule has 2 atom stereocenters. The van der Waals surface area contributed by atoms with Crippen molar-refractivity contribution in [2.24, 2.45) is 17.4 Å². The number of benzene rings is 1. The van der Waals surface area contributed by atoms with E-state index in [0.717, 1.165) is 36.1 Å². The van der Waals surface area contributed by atoms with E-state index in [0.29, 0.717) is 11.5 Å². The molecule has 0 spiro atoms. The summed E-state index contributed by atoms with van der Waals surface area (Å²) < 4.78 is 0.750. The molecule has 2 unspecified atom stereocenters. The molecular formula is C14H20BrN3O. The van der Waals surface area contributed by atoms with Gasteiger partial charge >= 0.3 is 0 Å². The number of anilines is 1. The van der Waals surface area contributed by atoms with Crippen LogP contribution in [0.15, 0.2) is 22.7 Å². The van der Waals surface area contributed by atoms with Crippen molar-refractivity contribution in [3.8, 4) is 0 Å². The number of rotatable bonds is 3. The van der Waals surface area contributed by atoms with E-state index in [-0.39, 0.29) is 6.04 Å². The van der Waals surface area contributed by atoms with Gasteiger partial charge in [0.25, 0.3) is 5.91 Å². The first-order valence-corrected chi connectivity index (χ1v) is 7.39. The van der Waals surface area contributed by atoms with Gasteiger partial charge in [0, 0.05) is 23.6 Å². The molecule has 0 aliphatic carbocycles. The van der Waals surface area contributed by atoms with Crippen molar-refractivity contribution < 1.29 is 4.79 Å². The van der Waals surface area contributed by atoms with Gasteiger partial charge in [-0.15, -0.1) is 0 Å². The Kier molecular flexibility index (Phi) is 4.47. The first-order chi connectivity index (χ1) is 9.00. The Morgan fingerprint density at radius 2 is 2.26 bits per heavy atom. The van der Waals surface area contributed by atoms with Crippen LogP contribution in [-0.4, -0.2) is 25.0 Å². The molecule has 4 nitrogen and oxygen atoms in total. The van der Waals surface area contributed by atoms with Crippen molar-refractivity contribution in [3.05, 3.63) is 28.2 Å². The molecule has 1 heterocycles. The minimum absolute atomic E-state index is 0.173. The third-order valence-corrected chi connectivity index (χ3v) is 4.44. The van der Waals surface area contributed by atoms with Gasteiger partial charge in [0.2, 0.25) is 0 Å². The quantitative estimate of drug-likeness (QED) is 0.894. The second-order valence-electron chi connectivity index (χ2n) is 5.21. The van der Waals surface area contributed by atoms with Crippen molar-refractivity contribution in [2.45, 2.75) is 25.8 Å². The Morgan fingerprint density at radius 3 is 2.89 bits per heavy atom. The Morgan fingerprint density at radius 1 is 1.53 bits per heavy atom. The minimum atomic E-state index is -0.398. The van der Waals surface area contributed by atoms with Crippen LogP contribution < -0.4 is 16.4 Å². The number of nitrogens with two attached hydrogens (primary N) is 2. The average Bonchev–Trinajstić information content (AvgIpc) is 2.38. The number of hydrogen-bond acceptors (Lipinski definition) is 3. The maximum absolute atomic E-state index is 11.6. The Balaban J connectivity index is 2.31. The molecule has 1 aromatic carbocycles. The third-order valence-electron chi connectivity index (χ3n) is 3.78. The fraction of sp³-hybridized carbons (Fsp3) is 0.500. The average molecular weight is 326 g/mol. The molecule has 1 saturated heterocycles. The zero-order chi connectivity index (χ0) is 14.0. The summed E-state index contributed by atoms with van der Waals surface area (Å²) in [5.41, 5.74) is 13.0. The highest BCUT2D eigenvalue weighted by Gasteiger charge is 2.25. The molecule has 5 heteroatoms. The summed E-state index contributed by atoms with van der Waals surface area (Å²) in [6, 6.07) is 5.90. The first kappa shape index (κ1) is 14.3. The highest BCUT2D eigenvalue weighted by Crippen LogP contribution is 2.31. The van der Waals surface area contributed by atoms with Crippen LogP contribution in [-0.2, 0) is 0 Å². The fourth-order valence-electron chi connectivity index (χ4n) is 2.68. The maximum Gasteiger partial charge on any atom is 0.251 e. The highest BCUT2D eigenvalue weighted by atomic mass is 79.9. The Bertz CT molecular complexity index is 476. The van der Waals surface area contributed by atoms with E-state index in [4.69, 9.17) is 11.5 Å². The first-order valence-electron chi connectivity index (χ1n) is 6.59. The lowest BCUT2D eigenvalue weighted by Crippen LogP contribution is -2.43. The Labute approximate surface area is 122 Å². The van der Waals surface area contributed by atoms with Crippen LogP contribution in [0.4, 0.5) is 5.69 Å². The molecule has 2 rings (SSSR count). The summed E-state index contributed by atoms with van der Waals surface area (Å²) >= 11 is 3.41. The predicted molar refractivity (Wildman–Crippen MR) is 81.2 cm³/mol. The van der Waals surface area contributed by atoms with Gasteiger partial charge in [-0.25, -0.2) is 0 Å². The highest BCUT2D eigenvalue weighted by molar-refractivity contribution is 9.10. The normalized spacial score (nSPS) is 21.2. The largest absolute Gasteiger partial charge is 0.371 e. The topological polar surface area (TPSA) is 72.3 Å². The molecule has 1 amide bonds. The van der Waals surface area contributed by atoms with Crippen molar-refractivity contribution in [1.29, 1.82) is 0 Å². The molecule has 19 heavy (non-hydrogen) atoms. The van der Waals surface area contributed by atoms with Gasteiger partial charge in [0.15, 0.2) is 0 Å². The lowest BCUT2D eigenvalue weighted by Gasteiger charge is -2.37. The second kappa shape index (κ2) is 5.92. The van der Waals surface area contributed by atoms with Crippen LogP contribution in [0, 0.1) is 5.92 Å². The summed E-state index contributed by atoms with van der Waals surface area (Å²) in [7, 11) is 0. The van der Waals surface area contributed by atoms with E-state index in [1.165, 1.54) is 0 Å². The Hall–Kier alpha value is -1.07. The van der Waals surface area contributed by atoms with Crippen molar-refractivity contribution in [1.82, 2.24) is 0 Å². The molecule has 1 aromatic rings. The van der Waals surface area contributed by atoms with Gasteiger partial charge in [-0.2, -0.15) is 0 Å². The smallest absolute Gasteiger partial charge is 0.251 e. The van der Waals surface area contributed by atoms with Gasteiger partial charge in [-0.1, -0.05) is 6.07 Å². The zero-order valence-corrected chi connectivity index (χ0v) is 12.7. The number of piperidine rings is 1. The number of hydrogen-bond donors (Lipinski definition) is 2. The molecule has 104 valence electrons. The van der Waals surface area contributed by atoms with Crippen LogP contribution in [0.3, 0.4) is 0 Å². The van der Waals surface area contributed by atoms with E-state index < -0.39 is 5.91 Å². The number of carbonyl (C=O) groups is 1. The summed E-state index contributed by atoms with van der Waals surface area (Å²) in [6.45, 7) is 3.87. The standard InChI is InChI=1S/C14H20BrN3O/c1-9(16)10-4-3-7-18(8-10)12-6-2-5-11(15)13(12)14(17)19/h2,5-6,9-10H,3-4,7-8,16H2,1H3,(H2,17,19). The maximum atomic E-state index is 11.6.